The second-order valence-corrected chi connectivity index (χ2v) is 7.70. The Labute approximate surface area is 182 Å². The van der Waals surface area contributed by atoms with Gasteiger partial charge in [0, 0.05) is 25.3 Å². The number of hydrogen-bond donors (Lipinski definition) is 0. The van der Waals surface area contributed by atoms with Crippen molar-refractivity contribution in [3.63, 3.8) is 0 Å². The standard InChI is InChI=1S/C26H26N2O3/c1-3-29-17-22-10-9-19(14-25(22)30-4-2)18-11-12-24-23(13-18)27-26(31-24)28-15-20-7-5-6-8-21(20)16-28/h5-14H,3-4,15-17H2,1-2H3. The minimum atomic E-state index is 0.552. The fourth-order valence-electron chi connectivity index (χ4n) is 4.05. The van der Waals surface area contributed by atoms with E-state index in [2.05, 4.69) is 59.5 Å². The Morgan fingerprint density at radius 3 is 2.39 bits per heavy atom. The number of nitrogens with zero attached hydrogens (tertiary/aromatic N) is 2. The van der Waals surface area contributed by atoms with E-state index < -0.39 is 0 Å². The van der Waals surface area contributed by atoms with Crippen LogP contribution in [0.4, 0.5) is 6.01 Å². The molecule has 5 nitrogen and oxygen atoms in total. The lowest BCUT2D eigenvalue weighted by Gasteiger charge is -2.12. The van der Waals surface area contributed by atoms with Gasteiger partial charge in [-0.15, -0.1) is 0 Å². The summed E-state index contributed by atoms with van der Waals surface area (Å²) >= 11 is 0. The Kier molecular flexibility index (Phi) is 5.35. The van der Waals surface area contributed by atoms with Crippen molar-refractivity contribution in [1.29, 1.82) is 0 Å². The minimum absolute atomic E-state index is 0.552. The van der Waals surface area contributed by atoms with Crippen molar-refractivity contribution in [2.75, 3.05) is 18.1 Å². The van der Waals surface area contributed by atoms with Gasteiger partial charge in [-0.25, -0.2) is 0 Å². The van der Waals surface area contributed by atoms with Gasteiger partial charge in [0.05, 0.1) is 13.2 Å². The van der Waals surface area contributed by atoms with Crippen molar-refractivity contribution in [3.05, 3.63) is 77.4 Å². The summed E-state index contributed by atoms with van der Waals surface area (Å²) in [4.78, 5) is 6.97. The summed E-state index contributed by atoms with van der Waals surface area (Å²) in [6, 6.07) is 21.6. The van der Waals surface area contributed by atoms with E-state index in [4.69, 9.17) is 18.9 Å². The summed E-state index contributed by atoms with van der Waals surface area (Å²) in [6.07, 6.45) is 0. The molecule has 0 saturated heterocycles. The number of rotatable bonds is 7. The van der Waals surface area contributed by atoms with Crippen LogP contribution in [0.5, 0.6) is 5.75 Å². The van der Waals surface area contributed by atoms with Gasteiger partial charge in [0.1, 0.15) is 11.3 Å². The molecule has 4 aromatic rings. The smallest absolute Gasteiger partial charge is 0.298 e. The molecule has 1 aliphatic heterocycles. The third-order valence-corrected chi connectivity index (χ3v) is 5.65. The summed E-state index contributed by atoms with van der Waals surface area (Å²) in [6.45, 7) is 7.50. The van der Waals surface area contributed by atoms with Crippen molar-refractivity contribution in [2.24, 2.45) is 0 Å². The van der Waals surface area contributed by atoms with E-state index in [1.807, 2.05) is 19.9 Å². The lowest BCUT2D eigenvalue weighted by Crippen LogP contribution is -2.14. The summed E-state index contributed by atoms with van der Waals surface area (Å²) in [7, 11) is 0. The van der Waals surface area contributed by atoms with Crippen LogP contribution in [0.3, 0.4) is 0 Å². The Balaban J connectivity index is 1.43. The highest BCUT2D eigenvalue weighted by Crippen LogP contribution is 2.33. The molecule has 3 aromatic carbocycles. The third kappa shape index (κ3) is 3.89. The monoisotopic (exact) mass is 414 g/mol. The molecule has 0 N–H and O–H groups in total. The number of hydrogen-bond acceptors (Lipinski definition) is 5. The number of fused-ring (bicyclic) bond motifs is 2. The third-order valence-electron chi connectivity index (χ3n) is 5.65. The molecule has 0 bridgehead atoms. The number of oxazole rings is 1. The molecule has 0 saturated carbocycles. The van der Waals surface area contributed by atoms with Gasteiger partial charge in [-0.3, -0.25) is 0 Å². The highest BCUT2D eigenvalue weighted by molar-refractivity contribution is 5.82. The van der Waals surface area contributed by atoms with Gasteiger partial charge in [0.25, 0.3) is 6.01 Å². The molecule has 158 valence electrons. The van der Waals surface area contributed by atoms with Crippen molar-refractivity contribution < 1.29 is 13.9 Å². The first-order valence-electron chi connectivity index (χ1n) is 10.8. The molecular weight excluding hydrogens is 388 g/mol. The summed E-state index contributed by atoms with van der Waals surface area (Å²) < 4.78 is 17.5. The van der Waals surface area contributed by atoms with Gasteiger partial charge >= 0.3 is 0 Å². The van der Waals surface area contributed by atoms with Crippen LogP contribution in [-0.2, 0) is 24.4 Å². The number of anilines is 1. The topological polar surface area (TPSA) is 47.7 Å². The highest BCUT2D eigenvalue weighted by Gasteiger charge is 2.22. The summed E-state index contributed by atoms with van der Waals surface area (Å²) in [5.74, 6) is 0.865. The van der Waals surface area contributed by atoms with Crippen LogP contribution in [0.25, 0.3) is 22.2 Å². The zero-order valence-corrected chi connectivity index (χ0v) is 17.9. The van der Waals surface area contributed by atoms with Crippen LogP contribution in [-0.4, -0.2) is 18.2 Å². The van der Waals surface area contributed by atoms with Gasteiger partial charge in [-0.1, -0.05) is 42.5 Å². The van der Waals surface area contributed by atoms with Crippen molar-refractivity contribution in [3.8, 4) is 16.9 Å². The van der Waals surface area contributed by atoms with Crippen LogP contribution < -0.4 is 9.64 Å². The fourth-order valence-corrected chi connectivity index (χ4v) is 4.05. The maximum Gasteiger partial charge on any atom is 0.298 e. The minimum Gasteiger partial charge on any atom is -0.493 e. The van der Waals surface area contributed by atoms with E-state index in [1.165, 1.54) is 11.1 Å². The molecule has 2 heterocycles. The van der Waals surface area contributed by atoms with Crippen LogP contribution in [0, 0.1) is 0 Å². The number of benzene rings is 3. The largest absolute Gasteiger partial charge is 0.493 e. The highest BCUT2D eigenvalue weighted by atomic mass is 16.5. The molecular formula is C26H26N2O3. The van der Waals surface area contributed by atoms with Crippen LogP contribution in [0.15, 0.2) is 65.1 Å². The fraction of sp³-hybridized carbons (Fsp3) is 0.269. The van der Waals surface area contributed by atoms with Crippen LogP contribution in [0.2, 0.25) is 0 Å². The lowest BCUT2D eigenvalue weighted by atomic mass is 10.0. The molecule has 0 radical (unpaired) electrons. The first-order chi connectivity index (χ1) is 15.2. The normalized spacial score (nSPS) is 13.0. The maximum absolute atomic E-state index is 6.07. The van der Waals surface area contributed by atoms with Gasteiger partial charge in [-0.2, -0.15) is 4.98 Å². The van der Waals surface area contributed by atoms with E-state index in [-0.39, 0.29) is 0 Å². The lowest BCUT2D eigenvalue weighted by molar-refractivity contribution is 0.131. The molecule has 0 amide bonds. The molecule has 5 rings (SSSR count). The Hall–Kier alpha value is -3.31. The SMILES string of the molecule is CCOCc1ccc(-c2ccc3oc(N4Cc5ccccc5C4)nc3c2)cc1OCC. The molecule has 0 atom stereocenters. The molecule has 0 fully saturated rings. The zero-order chi connectivity index (χ0) is 21.2. The average molecular weight is 415 g/mol. The Morgan fingerprint density at radius 2 is 1.65 bits per heavy atom. The molecule has 0 spiro atoms. The average Bonchev–Trinajstić information content (AvgIpc) is 3.42. The number of ether oxygens (including phenoxy) is 2. The second kappa shape index (κ2) is 8.44. The van der Waals surface area contributed by atoms with Crippen molar-refractivity contribution >= 4 is 17.1 Å². The molecule has 31 heavy (non-hydrogen) atoms. The van der Waals surface area contributed by atoms with Gasteiger partial charge in [0.2, 0.25) is 0 Å². The predicted octanol–water partition coefficient (Wildman–Crippen LogP) is 5.95. The van der Waals surface area contributed by atoms with E-state index in [0.29, 0.717) is 25.8 Å². The summed E-state index contributed by atoms with van der Waals surface area (Å²) in [5.41, 5.74) is 7.56. The Bertz CT molecular complexity index is 1190. The first-order valence-corrected chi connectivity index (χ1v) is 10.8. The van der Waals surface area contributed by atoms with E-state index in [0.717, 1.165) is 46.6 Å². The van der Waals surface area contributed by atoms with Gasteiger partial charge < -0.3 is 18.8 Å². The molecule has 1 aromatic heterocycles. The first kappa shape index (κ1) is 19.6. The van der Waals surface area contributed by atoms with E-state index in [1.54, 1.807) is 0 Å². The van der Waals surface area contributed by atoms with Crippen molar-refractivity contribution in [2.45, 2.75) is 33.5 Å². The van der Waals surface area contributed by atoms with Crippen LogP contribution >= 0.6 is 0 Å². The van der Waals surface area contributed by atoms with Gasteiger partial charge in [-0.05, 0) is 54.3 Å². The van der Waals surface area contributed by atoms with Gasteiger partial charge in [0.15, 0.2) is 5.58 Å². The molecule has 0 unspecified atom stereocenters. The zero-order valence-electron chi connectivity index (χ0n) is 17.9. The maximum atomic E-state index is 6.07. The molecule has 5 heteroatoms. The van der Waals surface area contributed by atoms with E-state index >= 15 is 0 Å². The molecule has 1 aliphatic rings. The number of aromatic nitrogens is 1. The van der Waals surface area contributed by atoms with Crippen LogP contribution in [0.1, 0.15) is 30.5 Å². The van der Waals surface area contributed by atoms with E-state index in [9.17, 15) is 0 Å². The molecule has 0 aliphatic carbocycles. The quantitative estimate of drug-likeness (QED) is 0.374. The van der Waals surface area contributed by atoms with Crippen molar-refractivity contribution in [1.82, 2.24) is 4.98 Å². The predicted molar refractivity (Wildman–Crippen MR) is 122 cm³/mol. The summed E-state index contributed by atoms with van der Waals surface area (Å²) in [5, 5.41) is 0. The Morgan fingerprint density at radius 1 is 0.903 bits per heavy atom. The second-order valence-electron chi connectivity index (χ2n) is 7.70.